The van der Waals surface area contributed by atoms with Crippen LogP contribution in [0.2, 0.25) is 0 Å². The number of ether oxygens (including phenoxy) is 1. The molecule has 0 N–H and O–H groups in total. The SMILES string of the molecule is C#CCOC(=O)CCSCCCCCS. The Hall–Kier alpha value is -0.270. The Labute approximate surface area is 102 Å². The summed E-state index contributed by atoms with van der Waals surface area (Å²) in [6.07, 6.45) is 9.01. The van der Waals surface area contributed by atoms with Gasteiger partial charge in [0.1, 0.15) is 0 Å². The predicted octanol–water partition coefficient (Wildman–Crippen LogP) is 2.39. The number of esters is 1. The molecule has 0 aliphatic carbocycles. The average molecular weight is 246 g/mol. The monoisotopic (exact) mass is 246 g/mol. The maximum absolute atomic E-state index is 11.0. The van der Waals surface area contributed by atoms with Crippen LogP contribution in [0.25, 0.3) is 0 Å². The fourth-order valence-corrected chi connectivity index (χ4v) is 2.09. The van der Waals surface area contributed by atoms with E-state index < -0.39 is 0 Å². The van der Waals surface area contributed by atoms with Crippen LogP contribution in [0.5, 0.6) is 0 Å². The third kappa shape index (κ3) is 11.7. The zero-order valence-corrected chi connectivity index (χ0v) is 10.6. The van der Waals surface area contributed by atoms with Gasteiger partial charge < -0.3 is 4.74 Å². The molecule has 0 aliphatic heterocycles. The molecule has 0 fully saturated rings. The molecule has 0 heterocycles. The van der Waals surface area contributed by atoms with Crippen LogP contribution in [0.3, 0.4) is 0 Å². The molecule has 0 saturated carbocycles. The molecular formula is C11H18O2S2. The molecule has 4 heteroatoms. The molecule has 0 aliphatic rings. The zero-order chi connectivity index (χ0) is 11.4. The van der Waals surface area contributed by atoms with E-state index in [9.17, 15) is 4.79 Å². The summed E-state index contributed by atoms with van der Waals surface area (Å²) in [5.74, 6) is 4.96. The van der Waals surface area contributed by atoms with Crippen molar-refractivity contribution in [3.8, 4) is 12.3 Å². The smallest absolute Gasteiger partial charge is 0.307 e. The van der Waals surface area contributed by atoms with E-state index in [2.05, 4.69) is 18.5 Å². The van der Waals surface area contributed by atoms with E-state index in [0.717, 1.165) is 17.3 Å². The Balaban J connectivity index is 3.10. The molecule has 0 bridgehead atoms. The lowest BCUT2D eigenvalue weighted by molar-refractivity contribution is -0.141. The van der Waals surface area contributed by atoms with Crippen LogP contribution in [-0.4, -0.2) is 29.8 Å². The number of thioether (sulfide) groups is 1. The van der Waals surface area contributed by atoms with Crippen molar-refractivity contribution in [2.45, 2.75) is 25.7 Å². The highest BCUT2D eigenvalue weighted by atomic mass is 32.2. The van der Waals surface area contributed by atoms with Gasteiger partial charge >= 0.3 is 5.97 Å². The Morgan fingerprint density at radius 3 is 2.80 bits per heavy atom. The second-order valence-corrected chi connectivity index (χ2v) is 4.68. The molecule has 0 spiro atoms. The van der Waals surface area contributed by atoms with Gasteiger partial charge in [0.25, 0.3) is 0 Å². The van der Waals surface area contributed by atoms with Crippen molar-refractivity contribution in [2.24, 2.45) is 0 Å². The summed E-state index contributed by atoms with van der Waals surface area (Å²) in [7, 11) is 0. The van der Waals surface area contributed by atoms with Crippen molar-refractivity contribution in [1.29, 1.82) is 0 Å². The maximum Gasteiger partial charge on any atom is 0.307 e. The molecule has 0 aromatic carbocycles. The predicted molar refractivity (Wildman–Crippen MR) is 69.4 cm³/mol. The lowest BCUT2D eigenvalue weighted by Crippen LogP contribution is -2.05. The summed E-state index contributed by atoms with van der Waals surface area (Å²) in [6, 6.07) is 0. The van der Waals surface area contributed by atoms with Gasteiger partial charge in [0.15, 0.2) is 6.61 Å². The summed E-state index contributed by atoms with van der Waals surface area (Å²) in [5.41, 5.74) is 0. The molecule has 2 nitrogen and oxygen atoms in total. The van der Waals surface area contributed by atoms with E-state index in [1.165, 1.54) is 19.3 Å². The van der Waals surface area contributed by atoms with E-state index in [1.54, 1.807) is 11.8 Å². The van der Waals surface area contributed by atoms with Crippen LogP contribution >= 0.6 is 24.4 Å². The van der Waals surface area contributed by atoms with Crippen LogP contribution < -0.4 is 0 Å². The highest BCUT2D eigenvalue weighted by Gasteiger charge is 2.00. The summed E-state index contributed by atoms with van der Waals surface area (Å²) in [5, 5.41) is 0. The molecule has 0 aromatic heterocycles. The first-order chi connectivity index (χ1) is 7.31. The number of thiol groups is 1. The summed E-state index contributed by atoms with van der Waals surface area (Å²) in [4.78, 5) is 11.0. The van der Waals surface area contributed by atoms with Crippen LogP contribution in [0, 0.1) is 12.3 Å². The van der Waals surface area contributed by atoms with Gasteiger partial charge in [0.05, 0.1) is 6.42 Å². The first-order valence-electron chi connectivity index (χ1n) is 5.09. The summed E-state index contributed by atoms with van der Waals surface area (Å²) in [6.45, 7) is 0.0887. The normalized spacial score (nSPS) is 9.60. The number of unbranched alkanes of at least 4 members (excludes halogenated alkanes) is 2. The highest BCUT2D eigenvalue weighted by Crippen LogP contribution is 2.08. The van der Waals surface area contributed by atoms with Crippen LogP contribution in [0.1, 0.15) is 25.7 Å². The molecule has 86 valence electrons. The summed E-state index contributed by atoms with van der Waals surface area (Å²) < 4.78 is 4.74. The molecule has 0 atom stereocenters. The molecule has 0 unspecified atom stereocenters. The number of terminal acetylenes is 1. The molecule has 0 saturated heterocycles. The van der Waals surface area contributed by atoms with Crippen molar-refractivity contribution in [3.63, 3.8) is 0 Å². The van der Waals surface area contributed by atoms with E-state index >= 15 is 0 Å². The standard InChI is InChI=1S/C11H18O2S2/c1-2-7-13-11(12)6-10-15-9-5-3-4-8-14/h1,14H,3-10H2. The third-order valence-electron chi connectivity index (χ3n) is 1.71. The Morgan fingerprint density at radius 2 is 2.13 bits per heavy atom. The van der Waals surface area contributed by atoms with E-state index in [1.807, 2.05) is 0 Å². The largest absolute Gasteiger partial charge is 0.452 e. The topological polar surface area (TPSA) is 26.3 Å². The lowest BCUT2D eigenvalue weighted by atomic mass is 10.3. The van der Waals surface area contributed by atoms with Gasteiger partial charge in [-0.05, 0) is 24.3 Å². The Morgan fingerprint density at radius 1 is 1.33 bits per heavy atom. The van der Waals surface area contributed by atoms with Gasteiger partial charge in [0.2, 0.25) is 0 Å². The van der Waals surface area contributed by atoms with Gasteiger partial charge in [-0.1, -0.05) is 12.3 Å². The van der Waals surface area contributed by atoms with E-state index in [0.29, 0.717) is 6.42 Å². The summed E-state index contributed by atoms with van der Waals surface area (Å²) >= 11 is 5.93. The van der Waals surface area contributed by atoms with Crippen LogP contribution in [0.15, 0.2) is 0 Å². The van der Waals surface area contributed by atoms with Crippen molar-refractivity contribution >= 4 is 30.4 Å². The van der Waals surface area contributed by atoms with E-state index in [-0.39, 0.29) is 12.6 Å². The van der Waals surface area contributed by atoms with Gasteiger partial charge in [-0.2, -0.15) is 24.4 Å². The average Bonchev–Trinajstić information content (AvgIpc) is 2.25. The number of carbonyl (C=O) groups excluding carboxylic acids is 1. The van der Waals surface area contributed by atoms with Crippen molar-refractivity contribution in [2.75, 3.05) is 23.9 Å². The van der Waals surface area contributed by atoms with E-state index in [4.69, 9.17) is 11.2 Å². The number of carbonyl (C=O) groups is 1. The first-order valence-corrected chi connectivity index (χ1v) is 6.87. The first kappa shape index (κ1) is 14.7. The van der Waals surface area contributed by atoms with Crippen molar-refractivity contribution in [3.05, 3.63) is 0 Å². The van der Waals surface area contributed by atoms with Crippen LogP contribution in [0.4, 0.5) is 0 Å². The number of rotatable bonds is 9. The Bertz CT molecular complexity index is 199. The third-order valence-corrected chi connectivity index (χ3v) is 3.10. The fraction of sp³-hybridized carbons (Fsp3) is 0.727. The number of hydrogen-bond donors (Lipinski definition) is 1. The lowest BCUT2D eigenvalue weighted by Gasteiger charge is -2.01. The number of hydrogen-bond acceptors (Lipinski definition) is 4. The molecule has 0 amide bonds. The second kappa shape index (κ2) is 11.8. The minimum Gasteiger partial charge on any atom is -0.452 e. The quantitative estimate of drug-likeness (QED) is 0.293. The highest BCUT2D eigenvalue weighted by molar-refractivity contribution is 7.99. The minimum absolute atomic E-state index is 0.0887. The zero-order valence-electron chi connectivity index (χ0n) is 8.91. The van der Waals surface area contributed by atoms with Gasteiger partial charge in [-0.15, -0.1) is 6.42 Å². The van der Waals surface area contributed by atoms with Crippen molar-refractivity contribution in [1.82, 2.24) is 0 Å². The molecule has 0 rings (SSSR count). The maximum atomic E-state index is 11.0. The Kier molecular flexibility index (Phi) is 11.6. The molecular weight excluding hydrogens is 228 g/mol. The minimum atomic E-state index is -0.198. The fourth-order valence-electron chi connectivity index (χ4n) is 0.945. The van der Waals surface area contributed by atoms with Crippen molar-refractivity contribution < 1.29 is 9.53 Å². The molecule has 0 radical (unpaired) electrons. The van der Waals surface area contributed by atoms with Gasteiger partial charge in [-0.25, -0.2) is 0 Å². The second-order valence-electron chi connectivity index (χ2n) is 3.01. The van der Waals surface area contributed by atoms with Gasteiger partial charge in [0, 0.05) is 5.75 Å². The molecule has 15 heavy (non-hydrogen) atoms. The van der Waals surface area contributed by atoms with Crippen LogP contribution in [-0.2, 0) is 9.53 Å². The molecule has 0 aromatic rings. The van der Waals surface area contributed by atoms with Gasteiger partial charge in [-0.3, -0.25) is 4.79 Å².